The molecule has 1 saturated heterocycles. The van der Waals surface area contributed by atoms with Crippen molar-refractivity contribution < 1.29 is 5.11 Å². The molecule has 0 bridgehead atoms. The van der Waals surface area contributed by atoms with Gasteiger partial charge in [0.25, 0.3) is 0 Å². The van der Waals surface area contributed by atoms with Crippen LogP contribution in [-0.4, -0.2) is 41.9 Å². The summed E-state index contributed by atoms with van der Waals surface area (Å²) in [7, 11) is 0. The summed E-state index contributed by atoms with van der Waals surface area (Å²) in [5, 5.41) is 14.5. The molecule has 1 fully saturated rings. The van der Waals surface area contributed by atoms with E-state index in [0.29, 0.717) is 6.04 Å². The van der Waals surface area contributed by atoms with Crippen LogP contribution in [0.2, 0.25) is 0 Å². The summed E-state index contributed by atoms with van der Waals surface area (Å²) >= 11 is 0. The Morgan fingerprint density at radius 2 is 0.878 bits per heavy atom. The summed E-state index contributed by atoms with van der Waals surface area (Å²) in [5.41, 5.74) is 0. The Kier molecular flexibility index (Phi) is 35.6. The van der Waals surface area contributed by atoms with Crippen LogP contribution in [0, 0.1) is 0 Å². The minimum atomic E-state index is -0.344. The number of allylic oxidation sites excluding steroid dienone is 8. The molecule has 1 aliphatic heterocycles. The Bertz CT molecular complexity index is 717. The molecule has 1 aliphatic rings. The number of aliphatic hydroxyl groups is 1. The van der Waals surface area contributed by atoms with Crippen LogP contribution < -0.4 is 5.32 Å². The average molecular weight is 683 g/mol. The van der Waals surface area contributed by atoms with E-state index in [1.807, 2.05) is 0 Å². The molecule has 0 radical (unpaired) electrons. The van der Waals surface area contributed by atoms with Crippen molar-refractivity contribution in [3.63, 3.8) is 0 Å². The van der Waals surface area contributed by atoms with Crippen molar-refractivity contribution in [3.8, 4) is 0 Å². The zero-order chi connectivity index (χ0) is 35.1. The van der Waals surface area contributed by atoms with Crippen molar-refractivity contribution in [3.05, 3.63) is 48.6 Å². The van der Waals surface area contributed by atoms with Gasteiger partial charge in [-0.15, -0.1) is 0 Å². The van der Waals surface area contributed by atoms with Crippen LogP contribution in [-0.2, 0) is 0 Å². The molecule has 0 aromatic rings. The minimum absolute atomic E-state index is 0.344. The van der Waals surface area contributed by atoms with Crippen LogP contribution in [0.1, 0.15) is 213 Å². The molecule has 1 atom stereocenters. The van der Waals surface area contributed by atoms with Crippen LogP contribution in [0.3, 0.4) is 0 Å². The van der Waals surface area contributed by atoms with E-state index in [1.165, 1.54) is 186 Å². The van der Waals surface area contributed by atoms with Crippen molar-refractivity contribution in [2.45, 2.75) is 225 Å². The van der Waals surface area contributed by atoms with Crippen LogP contribution in [0.4, 0.5) is 0 Å². The van der Waals surface area contributed by atoms with Gasteiger partial charge >= 0.3 is 0 Å². The fourth-order valence-electron chi connectivity index (χ4n) is 7.12. The van der Waals surface area contributed by atoms with E-state index in [9.17, 15) is 5.11 Å². The second kappa shape index (κ2) is 38.1. The first-order valence-corrected chi connectivity index (χ1v) is 22.0. The van der Waals surface area contributed by atoms with E-state index >= 15 is 0 Å². The summed E-state index contributed by atoms with van der Waals surface area (Å²) in [4.78, 5) is 2.60. The summed E-state index contributed by atoms with van der Waals surface area (Å²) in [6.07, 6.45) is 58.3. The Hall–Kier alpha value is -1.16. The lowest BCUT2D eigenvalue weighted by Crippen LogP contribution is -2.39. The molecule has 1 unspecified atom stereocenters. The van der Waals surface area contributed by atoms with Crippen LogP contribution >= 0.6 is 0 Å². The normalized spacial score (nSPS) is 15.3. The molecule has 0 aromatic heterocycles. The van der Waals surface area contributed by atoms with Crippen molar-refractivity contribution in [2.24, 2.45) is 0 Å². The predicted octanol–water partition coefficient (Wildman–Crippen LogP) is 13.9. The SMILES string of the molecule is CCCCC/C=C\C/C=C\CCCCCCCCC(CCCCCCCC/C=C\C/C=C\CCCCC)NC(O)CCCN1CCCCC1. The third-order valence-electron chi connectivity index (χ3n) is 10.3. The molecule has 0 saturated carbocycles. The van der Waals surface area contributed by atoms with E-state index in [4.69, 9.17) is 0 Å². The van der Waals surface area contributed by atoms with Gasteiger partial charge in [0.15, 0.2) is 0 Å². The van der Waals surface area contributed by atoms with Crippen molar-refractivity contribution in [1.82, 2.24) is 10.2 Å². The first-order valence-electron chi connectivity index (χ1n) is 22.0. The van der Waals surface area contributed by atoms with Gasteiger partial charge in [-0.25, -0.2) is 0 Å². The zero-order valence-electron chi connectivity index (χ0n) is 33.2. The van der Waals surface area contributed by atoms with Gasteiger partial charge in [0.05, 0.1) is 0 Å². The van der Waals surface area contributed by atoms with Crippen LogP contribution in [0.25, 0.3) is 0 Å². The van der Waals surface area contributed by atoms with Gasteiger partial charge in [0.1, 0.15) is 6.23 Å². The third kappa shape index (κ3) is 33.7. The number of likely N-dealkylation sites (tertiary alicyclic amines) is 1. The van der Waals surface area contributed by atoms with Gasteiger partial charge in [0, 0.05) is 6.04 Å². The molecular weight excluding hydrogens is 597 g/mol. The standard InChI is InChI=1S/C46H86N2O/c1-3-5-7-9-11-13-15-17-19-21-23-25-27-29-31-34-39-45(47-46(49)41-38-44-48-42-36-33-37-43-48)40-35-32-30-28-26-24-22-20-18-16-14-12-10-8-6-4-2/h11-14,17-20,45-47,49H,3-10,15-16,21-44H2,1-2H3/b13-11-,14-12-,19-17-,20-18-. The van der Waals surface area contributed by atoms with Gasteiger partial charge in [0.2, 0.25) is 0 Å². The van der Waals surface area contributed by atoms with Gasteiger partial charge in [-0.05, 0) is 122 Å². The van der Waals surface area contributed by atoms with Crippen LogP contribution in [0.5, 0.6) is 0 Å². The summed E-state index contributed by atoms with van der Waals surface area (Å²) in [6, 6.07) is 0.474. The largest absolute Gasteiger partial charge is 0.379 e. The molecule has 2 N–H and O–H groups in total. The van der Waals surface area contributed by atoms with Gasteiger partial charge < -0.3 is 10.0 Å². The van der Waals surface area contributed by atoms with Gasteiger partial charge in [-0.1, -0.05) is 159 Å². The molecule has 1 heterocycles. The summed E-state index contributed by atoms with van der Waals surface area (Å²) in [6.45, 7) is 8.21. The van der Waals surface area contributed by atoms with Crippen molar-refractivity contribution >= 4 is 0 Å². The molecule has 0 aliphatic carbocycles. The highest BCUT2D eigenvalue weighted by atomic mass is 16.3. The topological polar surface area (TPSA) is 35.5 Å². The number of aliphatic hydroxyl groups excluding tert-OH is 1. The minimum Gasteiger partial charge on any atom is -0.379 e. The fourth-order valence-corrected chi connectivity index (χ4v) is 7.12. The lowest BCUT2D eigenvalue weighted by atomic mass is 9.99. The maximum Gasteiger partial charge on any atom is 0.105 e. The summed E-state index contributed by atoms with van der Waals surface area (Å²) in [5.74, 6) is 0. The molecule has 3 heteroatoms. The first-order chi connectivity index (χ1) is 24.3. The molecular formula is C46H86N2O. The van der Waals surface area contributed by atoms with Crippen molar-refractivity contribution in [2.75, 3.05) is 19.6 Å². The molecule has 3 nitrogen and oxygen atoms in total. The number of rotatable bonds is 36. The Morgan fingerprint density at radius 3 is 1.33 bits per heavy atom. The number of nitrogens with one attached hydrogen (secondary N) is 1. The number of unbranched alkanes of at least 4 members (excludes halogenated alkanes) is 18. The second-order valence-corrected chi connectivity index (χ2v) is 15.2. The van der Waals surface area contributed by atoms with Gasteiger partial charge in [-0.3, -0.25) is 5.32 Å². The monoisotopic (exact) mass is 683 g/mol. The lowest BCUT2D eigenvalue weighted by Gasteiger charge is -2.27. The van der Waals surface area contributed by atoms with Crippen LogP contribution in [0.15, 0.2) is 48.6 Å². The fraction of sp³-hybridized carbons (Fsp3) is 0.826. The average Bonchev–Trinajstić information content (AvgIpc) is 3.11. The Morgan fingerprint density at radius 1 is 0.469 bits per heavy atom. The van der Waals surface area contributed by atoms with Crippen molar-refractivity contribution in [1.29, 1.82) is 0 Å². The maximum atomic E-state index is 10.9. The quantitative estimate of drug-likeness (QED) is 0.0392. The number of nitrogens with zero attached hydrogens (tertiary/aromatic N) is 1. The molecule has 0 amide bonds. The highest BCUT2D eigenvalue weighted by Gasteiger charge is 2.15. The predicted molar refractivity (Wildman–Crippen MR) is 220 cm³/mol. The van der Waals surface area contributed by atoms with E-state index < -0.39 is 0 Å². The van der Waals surface area contributed by atoms with E-state index in [2.05, 4.69) is 72.7 Å². The number of hydrogen-bond acceptors (Lipinski definition) is 3. The highest BCUT2D eigenvalue weighted by Crippen LogP contribution is 2.17. The number of piperidine rings is 1. The van der Waals surface area contributed by atoms with E-state index in [-0.39, 0.29) is 6.23 Å². The summed E-state index contributed by atoms with van der Waals surface area (Å²) < 4.78 is 0. The maximum absolute atomic E-state index is 10.9. The molecule has 286 valence electrons. The zero-order valence-corrected chi connectivity index (χ0v) is 33.2. The molecule has 0 spiro atoms. The third-order valence-corrected chi connectivity index (χ3v) is 10.3. The van der Waals surface area contributed by atoms with Gasteiger partial charge in [-0.2, -0.15) is 0 Å². The molecule has 0 aromatic carbocycles. The highest BCUT2D eigenvalue weighted by molar-refractivity contribution is 4.93. The van der Waals surface area contributed by atoms with E-state index in [0.717, 1.165) is 32.2 Å². The second-order valence-electron chi connectivity index (χ2n) is 15.2. The van der Waals surface area contributed by atoms with E-state index in [1.54, 1.807) is 0 Å². The Balaban J connectivity index is 2.17. The molecule has 49 heavy (non-hydrogen) atoms. The first kappa shape index (κ1) is 45.9. The molecule has 1 rings (SSSR count). The lowest BCUT2D eigenvalue weighted by molar-refractivity contribution is 0.0997. The Labute approximate surface area is 308 Å². The number of hydrogen-bond donors (Lipinski definition) is 2. The smallest absolute Gasteiger partial charge is 0.105 e.